The minimum atomic E-state index is -0.288. The molecule has 2 heterocycles. The molecule has 2 aromatic heterocycles. The number of urea groups is 1. The molecule has 0 fully saturated rings. The van der Waals surface area contributed by atoms with Crippen molar-refractivity contribution in [2.75, 3.05) is 0 Å². The summed E-state index contributed by atoms with van der Waals surface area (Å²) in [4.78, 5) is 20.4. The predicted octanol–water partition coefficient (Wildman–Crippen LogP) is 2.43. The summed E-state index contributed by atoms with van der Waals surface area (Å²) in [7, 11) is 0. The van der Waals surface area contributed by atoms with E-state index in [9.17, 15) is 4.79 Å². The zero-order chi connectivity index (χ0) is 16.8. The molecule has 0 spiro atoms. The van der Waals surface area contributed by atoms with Crippen LogP contribution in [0.5, 0.6) is 0 Å². The molecule has 0 bridgehead atoms. The number of amides is 2. The van der Waals surface area contributed by atoms with Gasteiger partial charge in [0.15, 0.2) is 5.82 Å². The quantitative estimate of drug-likeness (QED) is 0.672. The van der Waals surface area contributed by atoms with Crippen LogP contribution in [0.4, 0.5) is 4.79 Å². The van der Waals surface area contributed by atoms with Crippen molar-refractivity contribution >= 4 is 6.03 Å². The van der Waals surface area contributed by atoms with Gasteiger partial charge in [-0.15, -0.1) is 0 Å². The number of aromatic amines is 1. The number of pyridine rings is 1. The number of carbonyl (C=O) groups excluding carboxylic acids is 1. The van der Waals surface area contributed by atoms with Crippen molar-refractivity contribution in [2.45, 2.75) is 19.5 Å². The predicted molar refractivity (Wildman–Crippen MR) is 89.8 cm³/mol. The van der Waals surface area contributed by atoms with Crippen molar-refractivity contribution in [3.63, 3.8) is 0 Å². The number of carbonyl (C=O) groups is 1. The van der Waals surface area contributed by atoms with Crippen LogP contribution >= 0.6 is 0 Å². The zero-order valence-corrected chi connectivity index (χ0v) is 13.2. The van der Waals surface area contributed by atoms with E-state index >= 15 is 0 Å². The number of hydrogen-bond donors (Lipinski definition) is 3. The first-order valence-corrected chi connectivity index (χ1v) is 7.63. The summed E-state index contributed by atoms with van der Waals surface area (Å²) in [6, 6.07) is 12.9. The fraction of sp³-hybridized carbons (Fsp3) is 0.176. The summed E-state index contributed by atoms with van der Waals surface area (Å²) in [6.45, 7) is 2.32. The molecule has 0 radical (unpaired) electrons. The molecule has 122 valence electrons. The lowest BCUT2D eigenvalue weighted by Gasteiger charge is -2.12. The monoisotopic (exact) mass is 322 g/mol. The first-order chi connectivity index (χ1) is 11.7. The van der Waals surface area contributed by atoms with Gasteiger partial charge >= 0.3 is 6.03 Å². The summed E-state index contributed by atoms with van der Waals surface area (Å²) in [6.07, 6.45) is 3.37. The first kappa shape index (κ1) is 15.7. The fourth-order valence-corrected chi connectivity index (χ4v) is 2.19. The van der Waals surface area contributed by atoms with Gasteiger partial charge in [0, 0.05) is 24.5 Å². The maximum absolute atomic E-state index is 12.0. The van der Waals surface area contributed by atoms with Gasteiger partial charge in [0.1, 0.15) is 5.82 Å². The van der Waals surface area contributed by atoms with Crippen molar-refractivity contribution < 1.29 is 4.79 Å². The summed E-state index contributed by atoms with van der Waals surface area (Å²) in [5.41, 5.74) is 1.91. The zero-order valence-electron chi connectivity index (χ0n) is 13.2. The molecule has 0 saturated carbocycles. The van der Waals surface area contributed by atoms with E-state index in [4.69, 9.17) is 0 Å². The average molecular weight is 322 g/mol. The molecule has 0 saturated heterocycles. The van der Waals surface area contributed by atoms with Crippen molar-refractivity contribution in [2.24, 2.45) is 0 Å². The van der Waals surface area contributed by atoms with Crippen LogP contribution in [0.1, 0.15) is 24.4 Å². The van der Waals surface area contributed by atoms with Gasteiger partial charge in [-0.05, 0) is 24.6 Å². The molecule has 3 rings (SSSR count). The van der Waals surface area contributed by atoms with Crippen LogP contribution < -0.4 is 10.6 Å². The summed E-state index contributed by atoms with van der Waals surface area (Å²) in [5, 5.41) is 12.7. The van der Waals surface area contributed by atoms with E-state index in [2.05, 4.69) is 30.8 Å². The molecular formula is C17H18N6O. The van der Waals surface area contributed by atoms with Crippen LogP contribution in [-0.2, 0) is 6.54 Å². The third-order valence-electron chi connectivity index (χ3n) is 3.49. The van der Waals surface area contributed by atoms with Gasteiger partial charge in [-0.2, -0.15) is 5.10 Å². The van der Waals surface area contributed by atoms with Crippen molar-refractivity contribution in [3.05, 3.63) is 66.2 Å². The maximum Gasteiger partial charge on any atom is 0.315 e. The number of hydrogen-bond acceptors (Lipinski definition) is 4. The summed E-state index contributed by atoms with van der Waals surface area (Å²) < 4.78 is 0. The summed E-state index contributed by atoms with van der Waals surface area (Å²) >= 11 is 0. The van der Waals surface area contributed by atoms with E-state index in [-0.39, 0.29) is 12.1 Å². The molecule has 2 amide bonds. The van der Waals surface area contributed by atoms with E-state index in [0.717, 1.165) is 11.1 Å². The Hall–Kier alpha value is -3.22. The van der Waals surface area contributed by atoms with Crippen LogP contribution in [0.25, 0.3) is 11.4 Å². The van der Waals surface area contributed by atoms with Crippen LogP contribution in [0.2, 0.25) is 0 Å². The van der Waals surface area contributed by atoms with Gasteiger partial charge in [0.2, 0.25) is 0 Å². The molecule has 0 aliphatic rings. The van der Waals surface area contributed by atoms with E-state index in [1.165, 1.54) is 0 Å². The summed E-state index contributed by atoms with van der Waals surface area (Å²) in [5.74, 6) is 1.17. The topological polar surface area (TPSA) is 95.6 Å². The van der Waals surface area contributed by atoms with Gasteiger partial charge < -0.3 is 10.6 Å². The van der Waals surface area contributed by atoms with E-state index < -0.39 is 0 Å². The Labute approximate surface area is 139 Å². The van der Waals surface area contributed by atoms with Gasteiger partial charge in [0.05, 0.1) is 6.04 Å². The second-order valence-electron chi connectivity index (χ2n) is 5.31. The average Bonchev–Trinajstić information content (AvgIpc) is 3.12. The third-order valence-corrected chi connectivity index (χ3v) is 3.49. The van der Waals surface area contributed by atoms with E-state index in [0.29, 0.717) is 18.2 Å². The number of aromatic nitrogens is 4. The normalized spacial score (nSPS) is 11.7. The SMILES string of the molecule is C[C@@H](NC(=O)NCc1ccccc1)c1nc(-c2ccncc2)n[nH]1. The van der Waals surface area contributed by atoms with E-state index in [1.807, 2.05) is 49.4 Å². The molecule has 7 heteroatoms. The Morgan fingerprint density at radius 1 is 1.17 bits per heavy atom. The molecule has 7 nitrogen and oxygen atoms in total. The molecule has 3 aromatic rings. The highest BCUT2D eigenvalue weighted by molar-refractivity contribution is 5.74. The number of H-pyrrole nitrogens is 1. The van der Waals surface area contributed by atoms with Crippen LogP contribution in [-0.4, -0.2) is 26.2 Å². The molecule has 1 atom stereocenters. The van der Waals surface area contributed by atoms with Gasteiger partial charge in [0.25, 0.3) is 0 Å². The molecule has 3 N–H and O–H groups in total. The second-order valence-corrected chi connectivity index (χ2v) is 5.31. The van der Waals surface area contributed by atoms with Crippen LogP contribution in [0.15, 0.2) is 54.9 Å². The molecule has 1 aromatic carbocycles. The van der Waals surface area contributed by atoms with Crippen molar-refractivity contribution in [1.82, 2.24) is 30.8 Å². The Morgan fingerprint density at radius 2 is 1.92 bits per heavy atom. The lowest BCUT2D eigenvalue weighted by molar-refractivity contribution is 0.237. The van der Waals surface area contributed by atoms with Gasteiger partial charge in [-0.3, -0.25) is 10.1 Å². The third kappa shape index (κ3) is 3.95. The van der Waals surface area contributed by atoms with Crippen LogP contribution in [0.3, 0.4) is 0 Å². The smallest absolute Gasteiger partial charge is 0.315 e. The second kappa shape index (κ2) is 7.36. The minimum Gasteiger partial charge on any atom is -0.334 e. The minimum absolute atomic E-state index is 0.256. The first-order valence-electron chi connectivity index (χ1n) is 7.63. The number of nitrogens with zero attached hydrogens (tertiary/aromatic N) is 3. The Balaban J connectivity index is 1.56. The number of nitrogens with one attached hydrogen (secondary N) is 3. The molecule has 0 aliphatic heterocycles. The Bertz CT molecular complexity index is 787. The fourth-order valence-electron chi connectivity index (χ4n) is 2.19. The highest BCUT2D eigenvalue weighted by Crippen LogP contribution is 2.15. The van der Waals surface area contributed by atoms with Crippen LogP contribution in [0, 0.1) is 0 Å². The Kier molecular flexibility index (Phi) is 4.81. The number of rotatable bonds is 5. The standard InChI is InChI=1S/C17H18N6O/c1-12(20-17(24)19-11-13-5-3-2-4-6-13)15-21-16(23-22-15)14-7-9-18-10-8-14/h2-10,12H,11H2,1H3,(H2,19,20,24)(H,21,22,23)/t12-/m1/s1. The lowest BCUT2D eigenvalue weighted by Crippen LogP contribution is -2.37. The van der Waals surface area contributed by atoms with Gasteiger partial charge in [-0.1, -0.05) is 30.3 Å². The highest BCUT2D eigenvalue weighted by atomic mass is 16.2. The lowest BCUT2D eigenvalue weighted by atomic mass is 10.2. The van der Waals surface area contributed by atoms with Gasteiger partial charge in [-0.25, -0.2) is 9.78 Å². The highest BCUT2D eigenvalue weighted by Gasteiger charge is 2.14. The number of benzene rings is 1. The molecular weight excluding hydrogens is 304 g/mol. The molecule has 0 aliphatic carbocycles. The van der Waals surface area contributed by atoms with Crippen molar-refractivity contribution in [1.29, 1.82) is 0 Å². The molecule has 0 unspecified atom stereocenters. The van der Waals surface area contributed by atoms with E-state index in [1.54, 1.807) is 12.4 Å². The Morgan fingerprint density at radius 3 is 2.67 bits per heavy atom. The maximum atomic E-state index is 12.0. The largest absolute Gasteiger partial charge is 0.334 e. The molecule has 24 heavy (non-hydrogen) atoms. The van der Waals surface area contributed by atoms with Crippen molar-refractivity contribution in [3.8, 4) is 11.4 Å².